The van der Waals surface area contributed by atoms with E-state index in [1.807, 2.05) is 0 Å². The number of carbonyl (C=O) groups is 2. The van der Waals surface area contributed by atoms with Crippen LogP contribution in [0.15, 0.2) is 0 Å². The Kier molecular flexibility index (Phi) is 3.27. The number of cyclic esters (lactones) is 1. The first-order valence-corrected chi connectivity index (χ1v) is 5.22. The fraction of sp³-hybridized carbons (Fsp3) is 0.667. The zero-order valence-corrected chi connectivity index (χ0v) is 9.83. The molecule has 0 aromatic heterocycles. The third kappa shape index (κ3) is 2.04. The maximum absolute atomic E-state index is 11.8. The lowest BCUT2D eigenvalue weighted by Gasteiger charge is -2.20. The topological polar surface area (TPSA) is 52.6 Å². The van der Waals surface area contributed by atoms with Crippen LogP contribution in [0.25, 0.3) is 0 Å². The van der Waals surface area contributed by atoms with E-state index in [-0.39, 0.29) is 19.4 Å². The Labute approximate surface area is 95.3 Å². The molecule has 1 unspecified atom stereocenters. The third-order valence-corrected chi connectivity index (χ3v) is 2.56. The summed E-state index contributed by atoms with van der Waals surface area (Å²) in [5.74, 6) is 1.20. The summed E-state index contributed by atoms with van der Waals surface area (Å²) in [6.45, 7) is 5.41. The Balaban J connectivity index is 3.04. The van der Waals surface area contributed by atoms with Crippen molar-refractivity contribution >= 4 is 11.9 Å². The molecule has 0 aromatic rings. The summed E-state index contributed by atoms with van der Waals surface area (Å²) in [4.78, 5) is 23.6. The molecule has 88 valence electrons. The number of esters is 2. The van der Waals surface area contributed by atoms with Gasteiger partial charge >= 0.3 is 11.9 Å². The van der Waals surface area contributed by atoms with Gasteiger partial charge in [0.2, 0.25) is 0 Å². The molecular formula is C12H16O4. The molecule has 1 aliphatic heterocycles. The van der Waals surface area contributed by atoms with Gasteiger partial charge in [0.05, 0.1) is 6.61 Å². The first-order valence-electron chi connectivity index (χ1n) is 5.22. The van der Waals surface area contributed by atoms with Crippen molar-refractivity contribution in [3.8, 4) is 12.3 Å². The predicted octanol–water partition coefficient (Wildman–Crippen LogP) is 1.28. The highest BCUT2D eigenvalue weighted by atomic mass is 16.6. The average molecular weight is 224 g/mol. The number of hydrogen-bond donors (Lipinski definition) is 0. The van der Waals surface area contributed by atoms with E-state index >= 15 is 0 Å². The highest BCUT2D eigenvalue weighted by molar-refractivity contribution is 6.02. The predicted molar refractivity (Wildman–Crippen MR) is 57.3 cm³/mol. The van der Waals surface area contributed by atoms with Gasteiger partial charge in [0.1, 0.15) is 5.60 Å². The summed E-state index contributed by atoms with van der Waals surface area (Å²) in [5.41, 5.74) is -1.98. The lowest BCUT2D eigenvalue weighted by atomic mass is 9.79. The molecule has 0 saturated carbocycles. The fourth-order valence-corrected chi connectivity index (χ4v) is 1.99. The molecule has 0 spiro atoms. The molecule has 1 heterocycles. The van der Waals surface area contributed by atoms with Crippen LogP contribution in [0, 0.1) is 17.8 Å². The van der Waals surface area contributed by atoms with E-state index in [4.69, 9.17) is 15.9 Å². The number of rotatable bonds is 3. The van der Waals surface area contributed by atoms with Crippen LogP contribution in [-0.4, -0.2) is 24.1 Å². The Morgan fingerprint density at radius 1 is 1.62 bits per heavy atom. The highest BCUT2D eigenvalue weighted by Gasteiger charge is 2.58. The van der Waals surface area contributed by atoms with Crippen molar-refractivity contribution in [2.45, 2.75) is 39.2 Å². The number of carbonyl (C=O) groups excluding carboxylic acids is 2. The molecule has 1 saturated heterocycles. The van der Waals surface area contributed by atoms with Gasteiger partial charge in [-0.25, -0.2) is 0 Å². The van der Waals surface area contributed by atoms with Crippen LogP contribution in [0.3, 0.4) is 0 Å². The average Bonchev–Trinajstić information content (AvgIpc) is 2.38. The molecular weight excluding hydrogens is 208 g/mol. The minimum absolute atomic E-state index is 0.0219. The van der Waals surface area contributed by atoms with Crippen LogP contribution in [0.2, 0.25) is 0 Å². The summed E-state index contributed by atoms with van der Waals surface area (Å²) >= 11 is 0. The van der Waals surface area contributed by atoms with Gasteiger partial charge in [0.25, 0.3) is 0 Å². The summed E-state index contributed by atoms with van der Waals surface area (Å²) in [5, 5.41) is 0. The Hall–Kier alpha value is -1.50. The standard InChI is InChI=1S/C12H16O4/c1-5-7-12(9(13)15-6-2)8-11(3,4)16-10(12)14/h1H,6-8H2,2-4H3. The van der Waals surface area contributed by atoms with Crippen LogP contribution in [0.4, 0.5) is 0 Å². The van der Waals surface area contributed by atoms with E-state index in [9.17, 15) is 9.59 Å². The number of terminal acetylenes is 1. The molecule has 0 amide bonds. The monoisotopic (exact) mass is 224 g/mol. The second-order valence-corrected chi connectivity index (χ2v) is 4.51. The van der Waals surface area contributed by atoms with Crippen molar-refractivity contribution in [3.05, 3.63) is 0 Å². The highest BCUT2D eigenvalue weighted by Crippen LogP contribution is 2.43. The summed E-state index contributed by atoms with van der Waals surface area (Å²) < 4.78 is 10.1. The normalized spacial score (nSPS) is 27.0. The summed E-state index contributed by atoms with van der Waals surface area (Å²) in [7, 11) is 0. The molecule has 0 N–H and O–H groups in total. The van der Waals surface area contributed by atoms with Crippen LogP contribution in [0.5, 0.6) is 0 Å². The Morgan fingerprint density at radius 2 is 2.25 bits per heavy atom. The van der Waals surface area contributed by atoms with Gasteiger partial charge in [0, 0.05) is 12.8 Å². The first kappa shape index (κ1) is 12.6. The van der Waals surface area contributed by atoms with E-state index in [1.165, 1.54) is 0 Å². The zero-order valence-electron chi connectivity index (χ0n) is 9.83. The van der Waals surface area contributed by atoms with Crippen LogP contribution >= 0.6 is 0 Å². The van der Waals surface area contributed by atoms with Crippen LogP contribution in [0.1, 0.15) is 33.6 Å². The molecule has 1 fully saturated rings. The second kappa shape index (κ2) is 4.17. The SMILES string of the molecule is C#CCC1(C(=O)OCC)CC(C)(C)OC1=O. The molecule has 16 heavy (non-hydrogen) atoms. The number of hydrogen-bond acceptors (Lipinski definition) is 4. The van der Waals surface area contributed by atoms with Crippen molar-refractivity contribution in [2.24, 2.45) is 5.41 Å². The van der Waals surface area contributed by atoms with Gasteiger partial charge in [-0.1, -0.05) is 0 Å². The van der Waals surface area contributed by atoms with Crippen molar-refractivity contribution in [1.82, 2.24) is 0 Å². The van der Waals surface area contributed by atoms with E-state index in [0.29, 0.717) is 0 Å². The molecule has 4 nitrogen and oxygen atoms in total. The summed E-state index contributed by atoms with van der Waals surface area (Å²) in [6, 6.07) is 0. The van der Waals surface area contributed by atoms with Crippen LogP contribution < -0.4 is 0 Å². The van der Waals surface area contributed by atoms with E-state index in [0.717, 1.165) is 0 Å². The van der Waals surface area contributed by atoms with Crippen LogP contribution in [-0.2, 0) is 19.1 Å². The van der Waals surface area contributed by atoms with Gasteiger partial charge in [-0.2, -0.15) is 0 Å². The van der Waals surface area contributed by atoms with Crippen molar-refractivity contribution in [1.29, 1.82) is 0 Å². The summed E-state index contributed by atoms with van der Waals surface area (Å²) in [6.07, 6.45) is 5.50. The minimum Gasteiger partial charge on any atom is -0.465 e. The van der Waals surface area contributed by atoms with Crippen molar-refractivity contribution in [3.63, 3.8) is 0 Å². The lowest BCUT2D eigenvalue weighted by molar-refractivity contribution is -0.165. The first-order chi connectivity index (χ1) is 7.38. The molecule has 1 atom stereocenters. The molecule has 1 aliphatic rings. The van der Waals surface area contributed by atoms with E-state index in [2.05, 4.69) is 5.92 Å². The van der Waals surface area contributed by atoms with Gasteiger partial charge in [-0.3, -0.25) is 9.59 Å². The van der Waals surface area contributed by atoms with E-state index < -0.39 is 23.0 Å². The largest absolute Gasteiger partial charge is 0.465 e. The molecule has 0 aliphatic carbocycles. The lowest BCUT2D eigenvalue weighted by Crippen LogP contribution is -2.37. The Bertz CT molecular complexity index is 351. The molecule has 0 bridgehead atoms. The van der Waals surface area contributed by atoms with Gasteiger partial charge < -0.3 is 9.47 Å². The Morgan fingerprint density at radius 3 is 2.62 bits per heavy atom. The minimum atomic E-state index is -1.31. The maximum Gasteiger partial charge on any atom is 0.325 e. The van der Waals surface area contributed by atoms with Gasteiger partial charge in [-0.05, 0) is 20.8 Å². The van der Waals surface area contributed by atoms with Gasteiger partial charge in [-0.15, -0.1) is 12.3 Å². The molecule has 0 aromatic carbocycles. The number of ether oxygens (including phenoxy) is 2. The maximum atomic E-state index is 11.8. The van der Waals surface area contributed by atoms with Gasteiger partial charge in [0.15, 0.2) is 5.41 Å². The smallest absolute Gasteiger partial charge is 0.325 e. The third-order valence-electron chi connectivity index (χ3n) is 2.56. The van der Waals surface area contributed by atoms with Crippen molar-refractivity contribution in [2.75, 3.05) is 6.61 Å². The van der Waals surface area contributed by atoms with Crippen molar-refractivity contribution < 1.29 is 19.1 Å². The molecule has 0 radical (unpaired) electrons. The zero-order chi connectivity index (χ0) is 12.4. The fourth-order valence-electron chi connectivity index (χ4n) is 1.99. The molecule has 4 heteroatoms. The second-order valence-electron chi connectivity index (χ2n) is 4.51. The molecule has 1 rings (SSSR count). The van der Waals surface area contributed by atoms with E-state index in [1.54, 1.807) is 20.8 Å². The quantitative estimate of drug-likeness (QED) is 0.412.